The lowest BCUT2D eigenvalue weighted by Gasteiger charge is -2.35. The summed E-state index contributed by atoms with van der Waals surface area (Å²) in [5.74, 6) is 0. The molecule has 0 N–H and O–H groups in total. The number of hydrogen-bond acceptors (Lipinski definition) is 5. The summed E-state index contributed by atoms with van der Waals surface area (Å²) in [5, 5.41) is -0.290. The molecule has 1 fully saturated rings. The number of benzene rings is 1. The number of likely N-dealkylation sites (tertiary alicyclic amines) is 1. The fraction of sp³-hybridized carbons (Fsp3) is 0.609. The van der Waals surface area contributed by atoms with E-state index in [1.54, 1.807) is 27.2 Å². The number of sulfone groups is 1. The van der Waals surface area contributed by atoms with Gasteiger partial charge in [0.1, 0.15) is 0 Å². The highest BCUT2D eigenvalue weighted by molar-refractivity contribution is 7.91. The fourth-order valence-corrected chi connectivity index (χ4v) is 5.27. The van der Waals surface area contributed by atoms with Crippen molar-refractivity contribution in [2.24, 2.45) is 0 Å². The highest BCUT2D eigenvalue weighted by atomic mass is 32.2. The maximum atomic E-state index is 13.0. The van der Waals surface area contributed by atoms with Gasteiger partial charge in [-0.25, -0.2) is 13.4 Å². The molecule has 1 aliphatic rings. The van der Waals surface area contributed by atoms with Crippen molar-refractivity contribution in [3.8, 4) is 0 Å². The van der Waals surface area contributed by atoms with E-state index in [4.69, 9.17) is 4.74 Å². The normalized spacial score (nSPS) is 18.2. The van der Waals surface area contributed by atoms with Crippen molar-refractivity contribution in [1.82, 2.24) is 14.5 Å². The lowest BCUT2D eigenvalue weighted by Crippen LogP contribution is -2.40. The molecule has 1 aromatic heterocycles. The first kappa shape index (κ1) is 23.0. The SMILES string of the molecule is COCC[C@H]1CCCCN1Cc1cnc(S(=O)(=O)C(C)C)n1CCc1ccccc1. The highest BCUT2D eigenvalue weighted by Crippen LogP contribution is 2.24. The van der Waals surface area contributed by atoms with Gasteiger partial charge in [-0.1, -0.05) is 36.8 Å². The lowest BCUT2D eigenvalue weighted by atomic mass is 9.99. The minimum atomic E-state index is -3.45. The maximum Gasteiger partial charge on any atom is 0.228 e. The minimum absolute atomic E-state index is 0.203. The largest absolute Gasteiger partial charge is 0.385 e. The van der Waals surface area contributed by atoms with E-state index in [0.717, 1.165) is 38.2 Å². The van der Waals surface area contributed by atoms with Crippen LogP contribution in [0.4, 0.5) is 0 Å². The van der Waals surface area contributed by atoms with E-state index in [2.05, 4.69) is 22.0 Å². The molecule has 0 spiro atoms. The summed E-state index contributed by atoms with van der Waals surface area (Å²) >= 11 is 0. The predicted molar refractivity (Wildman–Crippen MR) is 119 cm³/mol. The third-order valence-corrected chi connectivity index (χ3v) is 8.09. The first-order valence-corrected chi connectivity index (χ1v) is 12.5. The van der Waals surface area contributed by atoms with E-state index in [1.807, 2.05) is 22.8 Å². The Kier molecular flexibility index (Phi) is 8.08. The number of hydrogen-bond donors (Lipinski definition) is 0. The summed E-state index contributed by atoms with van der Waals surface area (Å²) in [6.07, 6.45) is 7.13. The van der Waals surface area contributed by atoms with Gasteiger partial charge in [-0.3, -0.25) is 4.90 Å². The van der Waals surface area contributed by atoms with Crippen molar-refractivity contribution < 1.29 is 13.2 Å². The van der Waals surface area contributed by atoms with Crippen LogP contribution in [-0.2, 0) is 34.1 Å². The van der Waals surface area contributed by atoms with Crippen molar-refractivity contribution in [2.45, 2.75) is 75.5 Å². The zero-order valence-electron chi connectivity index (χ0n) is 18.5. The minimum Gasteiger partial charge on any atom is -0.385 e. The van der Waals surface area contributed by atoms with Crippen molar-refractivity contribution in [1.29, 1.82) is 0 Å². The van der Waals surface area contributed by atoms with Gasteiger partial charge >= 0.3 is 0 Å². The summed E-state index contributed by atoms with van der Waals surface area (Å²) in [4.78, 5) is 6.87. The van der Waals surface area contributed by atoms with Crippen molar-refractivity contribution >= 4 is 9.84 Å². The van der Waals surface area contributed by atoms with Gasteiger partial charge in [0.25, 0.3) is 0 Å². The summed E-state index contributed by atoms with van der Waals surface area (Å²) in [7, 11) is -1.70. The van der Waals surface area contributed by atoms with Crippen LogP contribution in [0.5, 0.6) is 0 Å². The Bertz CT molecular complexity index is 894. The van der Waals surface area contributed by atoms with E-state index >= 15 is 0 Å². The molecule has 2 aromatic rings. The number of aromatic nitrogens is 2. The molecule has 1 saturated heterocycles. The fourth-order valence-electron chi connectivity index (χ4n) is 4.14. The second kappa shape index (κ2) is 10.6. The van der Waals surface area contributed by atoms with Crippen LogP contribution in [0.15, 0.2) is 41.7 Å². The van der Waals surface area contributed by atoms with Gasteiger partial charge in [-0.15, -0.1) is 0 Å². The lowest BCUT2D eigenvalue weighted by molar-refractivity contribution is 0.0952. The zero-order chi connectivity index (χ0) is 21.6. The Labute approximate surface area is 181 Å². The smallest absolute Gasteiger partial charge is 0.228 e. The van der Waals surface area contributed by atoms with Crippen LogP contribution in [0.3, 0.4) is 0 Å². The highest BCUT2D eigenvalue weighted by Gasteiger charge is 2.29. The number of imidazole rings is 1. The van der Waals surface area contributed by atoms with Gasteiger partial charge < -0.3 is 9.30 Å². The van der Waals surface area contributed by atoms with E-state index in [9.17, 15) is 8.42 Å². The summed E-state index contributed by atoms with van der Waals surface area (Å²) in [5.41, 5.74) is 2.18. The molecule has 7 heteroatoms. The van der Waals surface area contributed by atoms with Crippen LogP contribution >= 0.6 is 0 Å². The third kappa shape index (κ3) is 5.50. The van der Waals surface area contributed by atoms with Crippen LogP contribution in [0.1, 0.15) is 50.8 Å². The molecule has 1 aromatic carbocycles. The molecule has 166 valence electrons. The molecule has 0 amide bonds. The molecular formula is C23H35N3O3S. The molecule has 30 heavy (non-hydrogen) atoms. The van der Waals surface area contributed by atoms with Crippen LogP contribution < -0.4 is 0 Å². The maximum absolute atomic E-state index is 13.0. The van der Waals surface area contributed by atoms with Gasteiger partial charge in [0, 0.05) is 32.8 Å². The van der Waals surface area contributed by atoms with E-state index in [0.29, 0.717) is 12.6 Å². The van der Waals surface area contributed by atoms with Crippen molar-refractivity contribution in [3.05, 3.63) is 47.8 Å². The first-order chi connectivity index (χ1) is 14.4. The molecule has 1 aliphatic heterocycles. The summed E-state index contributed by atoms with van der Waals surface area (Å²) in [6, 6.07) is 10.7. The second-order valence-electron chi connectivity index (χ2n) is 8.41. The molecule has 0 radical (unpaired) electrons. The standard InChI is InChI=1S/C23H35N3O3S/c1-19(2)30(27,28)23-24-17-22(26(23)15-12-20-9-5-4-6-10-20)18-25-14-8-7-11-21(25)13-16-29-3/h4-6,9-10,17,19,21H,7-8,11-16,18H2,1-3H3/t21-/m1/s1. The molecule has 0 bridgehead atoms. The van der Waals surface area contributed by atoms with Crippen LogP contribution in [-0.4, -0.2) is 54.4 Å². The molecule has 2 heterocycles. The monoisotopic (exact) mass is 433 g/mol. The van der Waals surface area contributed by atoms with Gasteiger partial charge in [-0.05, 0) is 51.6 Å². The molecule has 0 saturated carbocycles. The van der Waals surface area contributed by atoms with Crippen LogP contribution in [0, 0.1) is 0 Å². The molecule has 3 rings (SSSR count). The Balaban J connectivity index is 1.86. The van der Waals surface area contributed by atoms with Gasteiger partial charge in [-0.2, -0.15) is 0 Å². The molecule has 1 atom stereocenters. The number of aryl methyl sites for hydroxylation is 1. The number of rotatable bonds is 10. The van der Waals surface area contributed by atoms with Crippen LogP contribution in [0.2, 0.25) is 0 Å². The van der Waals surface area contributed by atoms with Crippen molar-refractivity contribution in [2.75, 3.05) is 20.3 Å². The first-order valence-electron chi connectivity index (χ1n) is 11.0. The average Bonchev–Trinajstić information content (AvgIpc) is 3.15. The molecule has 6 nitrogen and oxygen atoms in total. The Morgan fingerprint density at radius 3 is 2.67 bits per heavy atom. The predicted octanol–water partition coefficient (Wildman–Crippen LogP) is 3.70. The topological polar surface area (TPSA) is 64.4 Å². The zero-order valence-corrected chi connectivity index (χ0v) is 19.3. The Morgan fingerprint density at radius 1 is 1.20 bits per heavy atom. The van der Waals surface area contributed by atoms with E-state index < -0.39 is 15.1 Å². The number of ether oxygens (including phenoxy) is 1. The number of piperidine rings is 1. The Morgan fingerprint density at radius 2 is 1.97 bits per heavy atom. The van der Waals surface area contributed by atoms with Crippen LogP contribution in [0.25, 0.3) is 0 Å². The number of methoxy groups -OCH3 is 1. The number of nitrogens with zero attached hydrogens (tertiary/aromatic N) is 3. The van der Waals surface area contributed by atoms with E-state index in [-0.39, 0.29) is 5.16 Å². The summed E-state index contributed by atoms with van der Waals surface area (Å²) < 4.78 is 33.2. The van der Waals surface area contributed by atoms with E-state index in [1.165, 1.54) is 24.8 Å². The van der Waals surface area contributed by atoms with Crippen molar-refractivity contribution in [3.63, 3.8) is 0 Å². The quantitative estimate of drug-likeness (QED) is 0.572. The Hall–Kier alpha value is -1.70. The second-order valence-corrected chi connectivity index (χ2v) is 10.8. The summed E-state index contributed by atoms with van der Waals surface area (Å²) in [6.45, 7) is 6.56. The van der Waals surface area contributed by atoms with Gasteiger partial charge in [0.15, 0.2) is 0 Å². The van der Waals surface area contributed by atoms with Gasteiger partial charge in [0.2, 0.25) is 15.0 Å². The molecular weight excluding hydrogens is 398 g/mol. The molecule has 0 unspecified atom stereocenters. The third-order valence-electron chi connectivity index (χ3n) is 6.01. The molecule has 0 aliphatic carbocycles. The van der Waals surface area contributed by atoms with Gasteiger partial charge in [0.05, 0.1) is 17.1 Å². The average molecular weight is 434 g/mol.